The molecule has 2 aromatic heterocycles. The summed E-state index contributed by atoms with van der Waals surface area (Å²) in [5.41, 5.74) is 5.07. The van der Waals surface area contributed by atoms with Crippen molar-refractivity contribution < 1.29 is 37.0 Å². The van der Waals surface area contributed by atoms with E-state index in [2.05, 4.69) is 37.5 Å². The van der Waals surface area contributed by atoms with E-state index in [1.807, 2.05) is 87.5 Å². The Morgan fingerprint density at radius 1 is 1.05 bits per heavy atom. The second-order valence-electron chi connectivity index (χ2n) is 18.3. The van der Waals surface area contributed by atoms with Crippen LogP contribution in [-0.2, 0) is 43.0 Å². The molecule has 2 atom stereocenters. The highest BCUT2D eigenvalue weighted by Gasteiger charge is 2.56. The molecule has 0 radical (unpaired) electrons. The van der Waals surface area contributed by atoms with E-state index in [0.717, 1.165) is 57.6 Å². The van der Waals surface area contributed by atoms with Crippen LogP contribution in [0.2, 0.25) is 0 Å². The maximum atomic E-state index is 14.3. The summed E-state index contributed by atoms with van der Waals surface area (Å²) < 4.78 is 52.5. The van der Waals surface area contributed by atoms with Gasteiger partial charge in [0, 0.05) is 39.0 Å². The fraction of sp³-hybridized carbons (Fsp3) is 0.543. The van der Waals surface area contributed by atoms with E-state index in [9.17, 15) is 27.6 Å². The van der Waals surface area contributed by atoms with Crippen LogP contribution in [0.5, 0.6) is 0 Å². The maximum Gasteiger partial charge on any atom is 0.453 e. The number of thiazole rings is 1. The van der Waals surface area contributed by atoms with Gasteiger partial charge in [-0.25, -0.2) is 4.98 Å². The van der Waals surface area contributed by atoms with Crippen molar-refractivity contribution in [1.82, 2.24) is 40.3 Å². The Labute approximate surface area is 376 Å². The highest BCUT2D eigenvalue weighted by Crippen LogP contribution is 2.55. The van der Waals surface area contributed by atoms with Gasteiger partial charge in [-0.15, -0.1) is 21.5 Å². The van der Waals surface area contributed by atoms with E-state index in [0.29, 0.717) is 57.0 Å². The number of fused-ring (bicyclic) bond motifs is 1. The smallest absolute Gasteiger partial charge is 0.453 e. The van der Waals surface area contributed by atoms with Crippen LogP contribution >= 0.6 is 11.3 Å². The van der Waals surface area contributed by atoms with Gasteiger partial charge in [0.15, 0.2) is 5.82 Å². The molecule has 1 spiro atoms. The average molecular weight is 906 g/mol. The third-order valence-corrected chi connectivity index (χ3v) is 13.5. The number of benzene rings is 1. The van der Waals surface area contributed by atoms with Gasteiger partial charge in [-0.1, -0.05) is 63.3 Å². The highest BCUT2D eigenvalue weighted by atomic mass is 32.1. The number of aryl methyl sites for hydroxylation is 2. The number of nitrogens with one attached hydrogen (secondary N) is 2. The van der Waals surface area contributed by atoms with E-state index in [4.69, 9.17) is 9.47 Å². The molecule has 5 heterocycles. The van der Waals surface area contributed by atoms with Gasteiger partial charge in [-0.3, -0.25) is 14.4 Å². The lowest BCUT2D eigenvalue weighted by Crippen LogP contribution is -2.58. The fourth-order valence-electron chi connectivity index (χ4n) is 8.54. The predicted molar refractivity (Wildman–Crippen MR) is 237 cm³/mol. The summed E-state index contributed by atoms with van der Waals surface area (Å²) in [7, 11) is 0. The number of hydrogen-bond acceptors (Lipinski definition) is 11. The van der Waals surface area contributed by atoms with Crippen molar-refractivity contribution in [2.45, 2.75) is 104 Å². The molecule has 0 bridgehead atoms. The molecule has 3 aliphatic heterocycles. The van der Waals surface area contributed by atoms with Gasteiger partial charge in [0.05, 0.1) is 22.7 Å². The number of rotatable bonds is 15. The van der Waals surface area contributed by atoms with Gasteiger partial charge in [0.1, 0.15) is 36.9 Å². The van der Waals surface area contributed by atoms with E-state index in [1.54, 1.807) is 16.2 Å². The topological polar surface area (TPSA) is 156 Å². The molecule has 14 nitrogen and oxygen atoms in total. The number of amidine groups is 1. The Kier molecular flexibility index (Phi) is 14.1. The van der Waals surface area contributed by atoms with Crippen LogP contribution in [0, 0.1) is 23.7 Å². The zero-order chi connectivity index (χ0) is 45.8. The number of hydrogen-bond donors (Lipinski definition) is 2. The van der Waals surface area contributed by atoms with Crippen molar-refractivity contribution in [3.05, 3.63) is 88.8 Å². The van der Waals surface area contributed by atoms with Gasteiger partial charge < -0.3 is 29.9 Å². The first-order chi connectivity index (χ1) is 30.4. The molecule has 3 fully saturated rings. The first kappa shape index (κ1) is 46.6. The van der Waals surface area contributed by atoms with Crippen LogP contribution < -0.4 is 10.6 Å². The molecule has 1 aliphatic carbocycles. The molecule has 0 unspecified atom stereocenters. The minimum atomic E-state index is -4.63. The van der Waals surface area contributed by atoms with Crippen molar-refractivity contribution in [2.75, 3.05) is 39.5 Å². The van der Waals surface area contributed by atoms with Crippen LogP contribution in [-0.4, -0.2) is 105 Å². The predicted octanol–water partition coefficient (Wildman–Crippen LogP) is 6.83. The normalized spacial score (nSPS) is 19.4. The van der Waals surface area contributed by atoms with Crippen molar-refractivity contribution in [3.63, 3.8) is 0 Å². The van der Waals surface area contributed by atoms with Crippen molar-refractivity contribution in [1.29, 1.82) is 0 Å². The average Bonchev–Trinajstić information content (AvgIpc) is 3.53. The van der Waals surface area contributed by atoms with E-state index >= 15 is 0 Å². The highest BCUT2D eigenvalue weighted by molar-refractivity contribution is 7.13. The Morgan fingerprint density at radius 3 is 2.42 bits per heavy atom. The lowest BCUT2D eigenvalue weighted by molar-refractivity contribution is -0.147. The minimum absolute atomic E-state index is 0.0536. The molecule has 2 saturated heterocycles. The van der Waals surface area contributed by atoms with E-state index in [-0.39, 0.29) is 48.8 Å². The number of piperidine rings is 1. The first-order valence-corrected chi connectivity index (χ1v) is 22.8. The zero-order valence-electron chi connectivity index (χ0n) is 37.2. The first-order valence-electron chi connectivity index (χ1n) is 21.9. The summed E-state index contributed by atoms with van der Waals surface area (Å²) in [4.78, 5) is 50.3. The second-order valence-corrected chi connectivity index (χ2v) is 19.1. The molecule has 7 rings (SSSR count). The van der Waals surface area contributed by atoms with Crippen LogP contribution in [0.4, 0.5) is 13.2 Å². The van der Waals surface area contributed by atoms with Crippen molar-refractivity contribution in [2.24, 2.45) is 21.8 Å². The molecule has 3 aromatic rings. The standard InChI is InChI=1S/C46H58F3N9O5S/c1-7-34(13-8-29(2)32-16-20-56(21-17-32)37-15-14-36-53-54-43(46(47,48)49)58(36)55-37)63-23-22-62-26-38(59)52-40(44(4,5)6)42(61)57-27-45(18-19-45)24-35(57)41(60)50-25-31-9-11-33(12-10-31)39-30(3)51-28-64-39/h7-13,28,32,35,40H,2,14-27H2,1,3-6H3,(H,50,60)(H,52,59)/b13-8-,34-7+/t35-,40+/m0/s1. The van der Waals surface area contributed by atoms with Gasteiger partial charge >= 0.3 is 6.18 Å². The van der Waals surface area contributed by atoms with E-state index < -0.39 is 35.4 Å². The summed E-state index contributed by atoms with van der Waals surface area (Å²) in [6, 6.07) is 6.55. The van der Waals surface area contributed by atoms with Crippen molar-refractivity contribution >= 4 is 34.9 Å². The number of ether oxygens (including phenoxy) is 2. The fourth-order valence-corrected chi connectivity index (χ4v) is 9.35. The number of aromatic nitrogens is 4. The largest absolute Gasteiger partial charge is 0.492 e. The van der Waals surface area contributed by atoms with Gasteiger partial charge in [0.2, 0.25) is 17.7 Å². The quantitative estimate of drug-likeness (QED) is 0.0949. The van der Waals surface area contributed by atoms with Gasteiger partial charge in [0.25, 0.3) is 5.82 Å². The number of allylic oxidation sites excluding steroid dienone is 4. The summed E-state index contributed by atoms with van der Waals surface area (Å²) in [5, 5.41) is 17.2. The summed E-state index contributed by atoms with van der Waals surface area (Å²) in [6.07, 6.45) is 5.84. The number of likely N-dealkylation sites (tertiary alicyclic amines) is 2. The molecule has 2 N–H and O–H groups in total. The molecule has 1 saturated carbocycles. The van der Waals surface area contributed by atoms with Crippen LogP contribution in [0.3, 0.4) is 0 Å². The minimum Gasteiger partial charge on any atom is -0.492 e. The molecule has 3 amide bonds. The van der Waals surface area contributed by atoms with Crippen molar-refractivity contribution in [3.8, 4) is 10.4 Å². The number of carbonyl (C=O) groups excluding carboxylic acids is 3. The Bertz CT molecular complexity index is 2280. The lowest BCUT2D eigenvalue weighted by Gasteiger charge is -2.35. The van der Waals surface area contributed by atoms with Crippen LogP contribution in [0.1, 0.15) is 89.1 Å². The number of nitrogens with zero attached hydrogens (tertiary/aromatic N) is 7. The number of halogens is 3. The number of amides is 3. The Balaban J connectivity index is 0.835. The molecule has 18 heteroatoms. The van der Waals surface area contributed by atoms with Crippen LogP contribution in [0.15, 0.2) is 71.0 Å². The van der Waals surface area contributed by atoms with Gasteiger partial charge in [-0.05, 0) is 86.0 Å². The molecule has 1 aromatic carbocycles. The zero-order valence-corrected chi connectivity index (χ0v) is 38.0. The van der Waals surface area contributed by atoms with Gasteiger partial charge in [-0.2, -0.15) is 22.9 Å². The summed E-state index contributed by atoms with van der Waals surface area (Å²) >= 11 is 1.59. The summed E-state index contributed by atoms with van der Waals surface area (Å²) in [5.74, 6) is -0.419. The SMILES string of the molecule is C=C(/C=C\C(=C/C)OCCOCC(=O)N[C@H](C(=O)N1CC2(CC2)C[C@H]1C(=O)NCc1ccc(-c2scnc2C)cc1)C(C)(C)C)C1CCN(C2=Nn3c(nnc3C(F)(F)F)CC2)CC1. The third kappa shape index (κ3) is 11.1. The Hall–Kier alpha value is -5.36. The molecular formula is C46H58F3N9O5S. The lowest BCUT2D eigenvalue weighted by atomic mass is 9.85. The maximum absolute atomic E-state index is 14.3. The second kappa shape index (κ2) is 19.4. The van der Waals surface area contributed by atoms with E-state index in [1.165, 1.54) is 0 Å². The number of alkyl halides is 3. The Morgan fingerprint density at radius 2 is 1.78 bits per heavy atom. The molecule has 344 valence electrons. The number of carbonyl (C=O) groups is 3. The molecule has 4 aliphatic rings. The molecule has 64 heavy (non-hydrogen) atoms. The third-order valence-electron chi connectivity index (χ3n) is 12.5. The molecular weight excluding hydrogens is 848 g/mol. The summed E-state index contributed by atoms with van der Waals surface area (Å²) in [6.45, 7) is 15.9. The monoisotopic (exact) mass is 905 g/mol. The van der Waals surface area contributed by atoms with Crippen LogP contribution in [0.25, 0.3) is 10.4 Å².